The average molecular weight is 335 g/mol. The summed E-state index contributed by atoms with van der Waals surface area (Å²) in [6, 6.07) is 1.79. The van der Waals surface area contributed by atoms with E-state index in [0.717, 1.165) is 12.8 Å². The number of fused-ring (bicyclic) bond motifs is 1. The number of aliphatic hydroxyl groups excluding tert-OH is 1. The number of hydrogen-bond donors (Lipinski definition) is 3. The fourth-order valence-electron chi connectivity index (χ4n) is 3.41. The van der Waals surface area contributed by atoms with Crippen molar-refractivity contribution in [1.82, 2.24) is 14.6 Å². The van der Waals surface area contributed by atoms with E-state index in [0.29, 0.717) is 23.2 Å². The maximum absolute atomic E-state index is 10.5. The number of anilines is 1. The first-order valence-corrected chi connectivity index (χ1v) is 8.05. The molecule has 23 heavy (non-hydrogen) atoms. The zero-order valence-corrected chi connectivity index (χ0v) is 14.0. The number of nitrogens with zero attached hydrogens (tertiary/aromatic N) is 3. The lowest BCUT2D eigenvalue weighted by atomic mass is 9.95. The van der Waals surface area contributed by atoms with Crippen LogP contribution in [-0.4, -0.2) is 36.4 Å². The van der Waals surface area contributed by atoms with Crippen molar-refractivity contribution in [1.29, 1.82) is 0 Å². The van der Waals surface area contributed by atoms with Crippen molar-refractivity contribution >= 4 is 28.5 Å². The van der Waals surface area contributed by atoms with Crippen LogP contribution in [0.15, 0.2) is 12.4 Å². The molecule has 0 saturated carbocycles. The molecule has 3 rings (SSSR count). The van der Waals surface area contributed by atoms with E-state index in [4.69, 9.17) is 28.4 Å². The van der Waals surface area contributed by atoms with E-state index in [2.05, 4.69) is 17.0 Å². The average Bonchev–Trinajstić information content (AvgIpc) is 2.98. The summed E-state index contributed by atoms with van der Waals surface area (Å²) < 4.78 is 7.79. The molecule has 1 saturated heterocycles. The summed E-state index contributed by atoms with van der Waals surface area (Å²) in [7, 11) is 0. The van der Waals surface area contributed by atoms with E-state index in [9.17, 15) is 5.11 Å². The lowest BCUT2D eigenvalue weighted by Gasteiger charge is -2.23. The minimum Gasteiger partial charge on any atom is -0.390 e. The number of ether oxygens (including phenoxy) is 1. The molecule has 1 aliphatic heterocycles. The predicted molar refractivity (Wildman–Crippen MR) is 91.0 cm³/mol. The van der Waals surface area contributed by atoms with Crippen LogP contribution in [0, 0.1) is 0 Å². The monoisotopic (exact) mass is 335 g/mol. The van der Waals surface area contributed by atoms with Gasteiger partial charge in [0.25, 0.3) is 0 Å². The van der Waals surface area contributed by atoms with Gasteiger partial charge < -0.3 is 21.3 Å². The molecule has 0 radical (unpaired) electrons. The number of nitrogen functional groups attached to an aromatic ring is 1. The Morgan fingerprint density at radius 2 is 2.35 bits per heavy atom. The first-order valence-electron chi connectivity index (χ1n) is 7.64. The van der Waals surface area contributed by atoms with E-state index in [1.54, 1.807) is 10.6 Å². The molecule has 3 unspecified atom stereocenters. The molecular weight excluding hydrogens is 314 g/mol. The van der Waals surface area contributed by atoms with Gasteiger partial charge in [0.05, 0.1) is 17.4 Å². The van der Waals surface area contributed by atoms with Crippen LogP contribution in [0.25, 0.3) is 5.52 Å². The summed E-state index contributed by atoms with van der Waals surface area (Å²) >= 11 is 5.10. The third-order valence-electron chi connectivity index (χ3n) is 4.35. The Labute approximate surface area is 139 Å². The molecule has 0 spiro atoms. The second kappa shape index (κ2) is 5.70. The van der Waals surface area contributed by atoms with Gasteiger partial charge in [-0.05, 0) is 19.4 Å². The van der Waals surface area contributed by atoms with Gasteiger partial charge in [-0.3, -0.25) is 0 Å². The third kappa shape index (κ3) is 2.66. The maximum atomic E-state index is 10.5. The van der Waals surface area contributed by atoms with Gasteiger partial charge in [-0.25, -0.2) is 9.50 Å². The summed E-state index contributed by atoms with van der Waals surface area (Å²) in [6.07, 6.45) is 2.67. The van der Waals surface area contributed by atoms with E-state index in [-0.39, 0.29) is 16.4 Å². The highest BCUT2D eigenvalue weighted by molar-refractivity contribution is 7.80. The Kier molecular flexibility index (Phi) is 3.99. The van der Waals surface area contributed by atoms with Gasteiger partial charge in [0, 0.05) is 12.0 Å². The van der Waals surface area contributed by atoms with E-state index < -0.39 is 12.2 Å². The quantitative estimate of drug-likeness (QED) is 0.723. The molecule has 5 N–H and O–H groups in total. The van der Waals surface area contributed by atoms with Crippen molar-refractivity contribution in [3.63, 3.8) is 0 Å². The topological polar surface area (TPSA) is 112 Å². The highest BCUT2D eigenvalue weighted by Gasteiger charge is 2.44. The van der Waals surface area contributed by atoms with Crippen LogP contribution in [0.1, 0.15) is 50.5 Å². The molecule has 0 amide bonds. The molecular formula is C15H21N5O2S. The van der Waals surface area contributed by atoms with Crippen molar-refractivity contribution in [3.8, 4) is 0 Å². The first-order chi connectivity index (χ1) is 10.9. The standard InChI is InChI=1S/C15H21N5O2S/c1-3-4-15(2)6-10(21)12(22-15)9-5-8(14(17)23)11-13(16)18-7-19-20(9)11/h5,7,10,12,21H,3-4,6H2,1-2H3,(H2,17,23)(H2,16,18,19). The van der Waals surface area contributed by atoms with E-state index in [1.165, 1.54) is 6.33 Å². The fraction of sp³-hybridized carbons (Fsp3) is 0.533. The van der Waals surface area contributed by atoms with Gasteiger partial charge in [-0.2, -0.15) is 5.10 Å². The number of nitrogens with two attached hydrogens (primary N) is 2. The third-order valence-corrected chi connectivity index (χ3v) is 4.57. The highest BCUT2D eigenvalue weighted by atomic mass is 32.1. The Bertz CT molecular complexity index is 762. The number of thiocarbonyl (C=S) groups is 1. The molecule has 1 aliphatic rings. The van der Waals surface area contributed by atoms with Crippen LogP contribution in [0.2, 0.25) is 0 Å². The maximum Gasteiger partial charge on any atom is 0.152 e. The van der Waals surface area contributed by atoms with Crippen molar-refractivity contribution in [2.75, 3.05) is 5.73 Å². The fourth-order valence-corrected chi connectivity index (χ4v) is 3.57. The second-order valence-corrected chi connectivity index (χ2v) is 6.70. The van der Waals surface area contributed by atoms with Crippen LogP contribution in [0.4, 0.5) is 5.82 Å². The van der Waals surface area contributed by atoms with Gasteiger partial charge in [-0.1, -0.05) is 25.6 Å². The van der Waals surface area contributed by atoms with E-state index in [1.807, 2.05) is 6.92 Å². The molecule has 8 heteroatoms. The van der Waals surface area contributed by atoms with Gasteiger partial charge in [-0.15, -0.1) is 0 Å². The number of hydrogen-bond acceptors (Lipinski definition) is 6. The number of aromatic nitrogens is 3. The van der Waals surface area contributed by atoms with Crippen LogP contribution in [-0.2, 0) is 4.74 Å². The van der Waals surface area contributed by atoms with Crippen molar-refractivity contribution in [2.24, 2.45) is 5.73 Å². The van der Waals surface area contributed by atoms with Gasteiger partial charge in [0.1, 0.15) is 22.9 Å². The van der Waals surface area contributed by atoms with E-state index >= 15 is 0 Å². The molecule has 2 aromatic rings. The lowest BCUT2D eigenvalue weighted by Crippen LogP contribution is -2.23. The summed E-state index contributed by atoms with van der Waals surface area (Å²) in [6.45, 7) is 4.12. The van der Waals surface area contributed by atoms with Crippen LogP contribution in [0.3, 0.4) is 0 Å². The second-order valence-electron chi connectivity index (χ2n) is 6.26. The van der Waals surface area contributed by atoms with Crippen LogP contribution < -0.4 is 11.5 Å². The molecule has 3 atom stereocenters. The van der Waals surface area contributed by atoms with Crippen LogP contribution >= 0.6 is 12.2 Å². The van der Waals surface area contributed by atoms with Gasteiger partial charge in [0.15, 0.2) is 5.82 Å². The molecule has 0 aromatic carbocycles. The van der Waals surface area contributed by atoms with Crippen molar-refractivity contribution < 1.29 is 9.84 Å². The zero-order chi connectivity index (χ0) is 16.8. The lowest BCUT2D eigenvalue weighted by molar-refractivity contribution is -0.0506. The Balaban J connectivity index is 2.11. The largest absolute Gasteiger partial charge is 0.390 e. The SMILES string of the molecule is CCCC1(C)CC(O)C(c2cc(C(N)=S)c3c(N)ncnn23)O1. The van der Waals surface area contributed by atoms with Crippen LogP contribution in [0.5, 0.6) is 0 Å². The smallest absolute Gasteiger partial charge is 0.152 e. The van der Waals surface area contributed by atoms with Gasteiger partial charge in [0.2, 0.25) is 0 Å². The van der Waals surface area contributed by atoms with Crippen molar-refractivity contribution in [3.05, 3.63) is 23.7 Å². The number of aliphatic hydroxyl groups is 1. The molecule has 124 valence electrons. The zero-order valence-electron chi connectivity index (χ0n) is 13.2. The Morgan fingerprint density at radius 3 is 3.00 bits per heavy atom. The Hall–Kier alpha value is -1.77. The number of rotatable bonds is 4. The predicted octanol–water partition coefficient (Wildman–Crippen LogP) is 1.33. The molecule has 0 bridgehead atoms. The highest BCUT2D eigenvalue weighted by Crippen LogP contribution is 2.42. The summed E-state index contributed by atoms with van der Waals surface area (Å²) in [5, 5.41) is 14.7. The normalized spacial score (nSPS) is 27.6. The summed E-state index contributed by atoms with van der Waals surface area (Å²) in [5.74, 6) is 0.290. The molecule has 0 aliphatic carbocycles. The summed E-state index contributed by atoms with van der Waals surface area (Å²) in [5.41, 5.74) is 13.2. The molecule has 3 heterocycles. The minimum absolute atomic E-state index is 0.207. The molecule has 2 aromatic heterocycles. The van der Waals surface area contributed by atoms with Crippen molar-refractivity contribution in [2.45, 2.75) is 50.9 Å². The summed E-state index contributed by atoms with van der Waals surface area (Å²) in [4.78, 5) is 4.20. The minimum atomic E-state index is -0.625. The first kappa shape index (κ1) is 16.1. The van der Waals surface area contributed by atoms with Gasteiger partial charge >= 0.3 is 0 Å². The molecule has 1 fully saturated rings. The molecule has 7 nitrogen and oxygen atoms in total. The Morgan fingerprint density at radius 1 is 1.61 bits per heavy atom.